The Balaban J connectivity index is 1.85. The van der Waals surface area contributed by atoms with Crippen molar-refractivity contribution in [2.24, 2.45) is 0 Å². The molecule has 8 heteroatoms. The summed E-state index contributed by atoms with van der Waals surface area (Å²) in [5.41, 5.74) is 2.83. The number of rotatable bonds is 6. The van der Waals surface area contributed by atoms with Crippen LogP contribution in [-0.4, -0.2) is 50.6 Å². The van der Waals surface area contributed by atoms with Gasteiger partial charge in [-0.25, -0.2) is 8.42 Å². The third kappa shape index (κ3) is 3.61. The number of sulfonamides is 1. The highest BCUT2D eigenvalue weighted by Crippen LogP contribution is 2.24. The predicted octanol–water partition coefficient (Wildman–Crippen LogP) is 2.01. The van der Waals surface area contributed by atoms with Crippen LogP contribution in [0.5, 0.6) is 0 Å². The topological polar surface area (TPSA) is 80.6 Å². The van der Waals surface area contributed by atoms with Gasteiger partial charge in [-0.15, -0.1) is 0 Å². The van der Waals surface area contributed by atoms with E-state index < -0.39 is 10.0 Å². The highest BCUT2D eigenvalue weighted by Gasteiger charge is 2.28. The highest BCUT2D eigenvalue weighted by molar-refractivity contribution is 7.92. The molecule has 140 valence electrons. The number of aromatic nitrogens is 1. The van der Waals surface area contributed by atoms with E-state index >= 15 is 0 Å². The molecule has 1 aromatic carbocycles. The number of hydrogen-bond acceptors (Lipinski definition) is 4. The van der Waals surface area contributed by atoms with Crippen LogP contribution in [0, 0.1) is 13.8 Å². The van der Waals surface area contributed by atoms with Gasteiger partial charge in [0.15, 0.2) is 0 Å². The monoisotopic (exact) mass is 377 g/mol. The van der Waals surface area contributed by atoms with Crippen molar-refractivity contribution in [3.63, 3.8) is 0 Å². The number of nitrogens with zero attached hydrogens (tertiary/aromatic N) is 2. The van der Waals surface area contributed by atoms with E-state index in [0.717, 1.165) is 11.1 Å². The number of carbonyl (C=O) groups is 1. The quantitative estimate of drug-likeness (QED) is 0.835. The third-order valence-corrected chi connectivity index (χ3v) is 5.82. The molecule has 0 bridgehead atoms. The minimum Gasteiger partial charge on any atom is -0.383 e. The van der Waals surface area contributed by atoms with Crippen molar-refractivity contribution in [1.29, 1.82) is 0 Å². The summed E-state index contributed by atoms with van der Waals surface area (Å²) in [5, 5.41) is 0. The Bertz CT molecular complexity index is 934. The number of amides is 1. The molecule has 3 rings (SSSR count). The van der Waals surface area contributed by atoms with Crippen LogP contribution in [0.2, 0.25) is 0 Å². The largest absolute Gasteiger partial charge is 0.383 e. The summed E-state index contributed by atoms with van der Waals surface area (Å²) < 4.78 is 34.8. The Labute approximate surface area is 153 Å². The van der Waals surface area contributed by atoms with Gasteiger partial charge in [-0.05, 0) is 31.5 Å². The molecule has 7 nitrogen and oxygen atoms in total. The summed E-state index contributed by atoms with van der Waals surface area (Å²) in [6, 6.07) is 6.95. The zero-order valence-electron chi connectivity index (χ0n) is 15.2. The Kier molecular flexibility index (Phi) is 5.06. The Morgan fingerprint density at radius 1 is 1.19 bits per heavy atom. The van der Waals surface area contributed by atoms with Crippen molar-refractivity contribution in [3.05, 3.63) is 47.3 Å². The summed E-state index contributed by atoms with van der Waals surface area (Å²) in [7, 11) is -2.18. The van der Waals surface area contributed by atoms with E-state index in [1.165, 1.54) is 12.3 Å². The number of ether oxygens (including phenoxy) is 1. The van der Waals surface area contributed by atoms with E-state index in [0.29, 0.717) is 37.6 Å². The zero-order valence-corrected chi connectivity index (χ0v) is 16.0. The van der Waals surface area contributed by atoms with Gasteiger partial charge in [0.2, 0.25) is 0 Å². The normalized spacial score (nSPS) is 14.4. The van der Waals surface area contributed by atoms with E-state index in [9.17, 15) is 13.2 Å². The summed E-state index contributed by atoms with van der Waals surface area (Å²) >= 11 is 0. The first-order valence-corrected chi connectivity index (χ1v) is 9.88. The summed E-state index contributed by atoms with van der Waals surface area (Å²) in [6.45, 7) is 5.84. The highest BCUT2D eigenvalue weighted by atomic mass is 32.2. The van der Waals surface area contributed by atoms with E-state index in [4.69, 9.17) is 4.74 Å². The zero-order chi connectivity index (χ0) is 18.9. The van der Waals surface area contributed by atoms with Gasteiger partial charge in [0, 0.05) is 32.9 Å². The first-order chi connectivity index (χ1) is 12.3. The predicted molar refractivity (Wildman–Crippen MR) is 98.9 cm³/mol. The van der Waals surface area contributed by atoms with E-state index in [1.807, 2.05) is 26.0 Å². The minimum absolute atomic E-state index is 0.0921. The molecule has 0 radical (unpaired) electrons. The van der Waals surface area contributed by atoms with Crippen LogP contribution in [0.25, 0.3) is 0 Å². The molecular formula is C18H23N3O4S. The maximum atomic E-state index is 12.7. The third-order valence-electron chi connectivity index (χ3n) is 4.49. The molecule has 0 spiro atoms. The van der Waals surface area contributed by atoms with Crippen LogP contribution in [-0.2, 0) is 21.3 Å². The molecule has 1 aliphatic heterocycles. The van der Waals surface area contributed by atoms with Crippen molar-refractivity contribution in [1.82, 2.24) is 9.47 Å². The number of aryl methyl sites for hydroxylation is 2. The number of anilines is 1. The average molecular weight is 377 g/mol. The molecule has 1 N–H and O–H groups in total. The maximum Gasteiger partial charge on any atom is 0.270 e. The second-order valence-electron chi connectivity index (χ2n) is 6.46. The van der Waals surface area contributed by atoms with Crippen molar-refractivity contribution < 1.29 is 17.9 Å². The molecule has 0 unspecified atom stereocenters. The van der Waals surface area contributed by atoms with E-state index in [1.54, 1.807) is 22.6 Å². The second kappa shape index (κ2) is 7.13. The lowest BCUT2D eigenvalue weighted by molar-refractivity contribution is 0.0641. The Hall–Kier alpha value is -2.32. The van der Waals surface area contributed by atoms with Gasteiger partial charge in [0.05, 0.1) is 12.3 Å². The average Bonchev–Trinajstić information content (AvgIpc) is 3.03. The maximum absolute atomic E-state index is 12.7. The smallest absolute Gasteiger partial charge is 0.270 e. The number of carbonyl (C=O) groups excluding carboxylic acids is 1. The van der Waals surface area contributed by atoms with Crippen molar-refractivity contribution in [2.45, 2.75) is 25.3 Å². The van der Waals surface area contributed by atoms with Gasteiger partial charge in [-0.2, -0.15) is 0 Å². The van der Waals surface area contributed by atoms with Crippen LogP contribution in [0.15, 0.2) is 35.4 Å². The standard InChI is InChI=1S/C18H23N3O4S/c1-13-4-5-16(14(2)10-13)19-26(23,24)15-11-17-18(22)20(8-9-25-3)6-7-21(17)12-15/h4-5,10-12,19H,6-9H2,1-3H3. The fourth-order valence-corrected chi connectivity index (χ4v) is 4.20. The minimum atomic E-state index is -3.77. The van der Waals surface area contributed by atoms with Crippen LogP contribution >= 0.6 is 0 Å². The van der Waals surface area contributed by atoms with Gasteiger partial charge < -0.3 is 14.2 Å². The SMILES string of the molecule is COCCN1CCn2cc(S(=O)(=O)Nc3ccc(C)cc3C)cc2C1=O. The Morgan fingerprint density at radius 2 is 1.96 bits per heavy atom. The molecule has 2 heterocycles. The van der Waals surface area contributed by atoms with Crippen LogP contribution in [0.4, 0.5) is 5.69 Å². The first kappa shape index (κ1) is 18.5. The van der Waals surface area contributed by atoms with Crippen LogP contribution in [0.1, 0.15) is 21.6 Å². The number of fused-ring (bicyclic) bond motifs is 1. The van der Waals surface area contributed by atoms with Gasteiger partial charge >= 0.3 is 0 Å². The lowest BCUT2D eigenvalue weighted by Crippen LogP contribution is -2.41. The van der Waals surface area contributed by atoms with E-state index in [2.05, 4.69) is 4.72 Å². The van der Waals surface area contributed by atoms with Crippen LogP contribution < -0.4 is 4.72 Å². The lowest BCUT2D eigenvalue weighted by Gasteiger charge is -2.27. The number of hydrogen-bond donors (Lipinski definition) is 1. The van der Waals surface area contributed by atoms with Gasteiger partial charge in [-0.1, -0.05) is 17.7 Å². The van der Waals surface area contributed by atoms with Crippen molar-refractivity contribution in [2.75, 3.05) is 31.5 Å². The van der Waals surface area contributed by atoms with Gasteiger partial charge in [0.1, 0.15) is 10.6 Å². The van der Waals surface area contributed by atoms with Gasteiger partial charge in [0.25, 0.3) is 15.9 Å². The molecule has 0 fully saturated rings. The number of benzene rings is 1. The van der Waals surface area contributed by atoms with Crippen molar-refractivity contribution in [3.8, 4) is 0 Å². The summed E-state index contributed by atoms with van der Waals surface area (Å²) in [5.74, 6) is -0.179. The molecule has 0 saturated carbocycles. The second-order valence-corrected chi connectivity index (χ2v) is 8.15. The molecule has 1 aliphatic rings. The molecular weight excluding hydrogens is 354 g/mol. The first-order valence-electron chi connectivity index (χ1n) is 8.40. The molecule has 2 aromatic rings. The van der Waals surface area contributed by atoms with Gasteiger partial charge in [-0.3, -0.25) is 9.52 Å². The molecule has 0 aliphatic carbocycles. The molecule has 26 heavy (non-hydrogen) atoms. The lowest BCUT2D eigenvalue weighted by atomic mass is 10.1. The molecule has 0 atom stereocenters. The van der Waals surface area contributed by atoms with Crippen LogP contribution in [0.3, 0.4) is 0 Å². The number of methoxy groups -OCH3 is 1. The summed E-state index contributed by atoms with van der Waals surface area (Å²) in [4.78, 5) is 14.3. The fourth-order valence-electron chi connectivity index (χ4n) is 3.03. The van der Waals surface area contributed by atoms with E-state index in [-0.39, 0.29) is 10.8 Å². The Morgan fingerprint density at radius 3 is 2.65 bits per heavy atom. The number of nitrogens with one attached hydrogen (secondary N) is 1. The fraction of sp³-hybridized carbons (Fsp3) is 0.389. The molecule has 0 saturated heterocycles. The molecule has 1 amide bonds. The molecule has 1 aromatic heterocycles. The summed E-state index contributed by atoms with van der Waals surface area (Å²) in [6.07, 6.45) is 1.52. The van der Waals surface area contributed by atoms with Crippen molar-refractivity contribution >= 4 is 21.6 Å².